The first-order valence-electron chi connectivity index (χ1n) is 8.22. The second-order valence-corrected chi connectivity index (χ2v) is 5.88. The zero-order chi connectivity index (χ0) is 17.5. The van der Waals surface area contributed by atoms with Crippen molar-refractivity contribution in [3.63, 3.8) is 0 Å². The summed E-state index contributed by atoms with van der Waals surface area (Å²) in [6.45, 7) is 8.83. The number of rotatable bonds is 7. The molecule has 0 aliphatic rings. The Morgan fingerprint density at radius 3 is 2.25 bits per heavy atom. The molecule has 24 heavy (non-hydrogen) atoms. The molecule has 1 atom stereocenters. The predicted molar refractivity (Wildman–Crippen MR) is 95.5 cm³/mol. The van der Waals surface area contributed by atoms with E-state index >= 15 is 0 Å². The van der Waals surface area contributed by atoms with Crippen molar-refractivity contribution in [2.24, 2.45) is 0 Å². The summed E-state index contributed by atoms with van der Waals surface area (Å²) >= 11 is 0. The van der Waals surface area contributed by atoms with E-state index in [-0.39, 0.29) is 5.91 Å². The van der Waals surface area contributed by atoms with Crippen LogP contribution in [0.4, 0.5) is 0 Å². The lowest BCUT2D eigenvalue weighted by atomic mass is 10.1. The van der Waals surface area contributed by atoms with Gasteiger partial charge in [-0.05, 0) is 68.7 Å². The van der Waals surface area contributed by atoms with Crippen LogP contribution in [0.5, 0.6) is 11.5 Å². The van der Waals surface area contributed by atoms with Gasteiger partial charge in [0.25, 0.3) is 5.91 Å². The maximum atomic E-state index is 12.2. The fourth-order valence-corrected chi connectivity index (χ4v) is 2.46. The Bertz CT molecular complexity index is 660. The summed E-state index contributed by atoms with van der Waals surface area (Å²) in [5.41, 5.74) is 3.25. The third kappa shape index (κ3) is 5.30. The third-order valence-electron chi connectivity index (χ3n) is 3.58. The Kier molecular flexibility index (Phi) is 6.24. The van der Waals surface area contributed by atoms with Crippen LogP contribution < -0.4 is 14.8 Å². The molecule has 1 amide bonds. The van der Waals surface area contributed by atoms with Crippen molar-refractivity contribution in [3.8, 4) is 11.5 Å². The lowest BCUT2D eigenvalue weighted by Crippen LogP contribution is -2.35. The molecular formula is C20H25NO3. The van der Waals surface area contributed by atoms with E-state index in [1.807, 2.05) is 57.2 Å². The summed E-state index contributed by atoms with van der Waals surface area (Å²) in [5, 5.41) is 2.89. The van der Waals surface area contributed by atoms with Crippen LogP contribution in [0.2, 0.25) is 0 Å². The van der Waals surface area contributed by atoms with Crippen molar-refractivity contribution in [1.82, 2.24) is 5.32 Å². The van der Waals surface area contributed by atoms with Gasteiger partial charge in [-0.25, -0.2) is 0 Å². The van der Waals surface area contributed by atoms with E-state index in [1.54, 1.807) is 6.92 Å². The molecule has 0 aliphatic carbocycles. The number of carbonyl (C=O) groups excluding carboxylic acids is 1. The van der Waals surface area contributed by atoms with Gasteiger partial charge in [-0.3, -0.25) is 4.79 Å². The molecule has 2 aromatic rings. The fraction of sp³-hybridized carbons (Fsp3) is 0.350. The molecule has 1 N–H and O–H groups in total. The SMILES string of the molecule is CCOc1ccc(CNC(=O)C(C)Oc2cc(C)cc(C)c2)cc1. The van der Waals surface area contributed by atoms with E-state index in [2.05, 4.69) is 11.4 Å². The van der Waals surface area contributed by atoms with E-state index in [0.29, 0.717) is 13.2 Å². The third-order valence-corrected chi connectivity index (χ3v) is 3.58. The van der Waals surface area contributed by atoms with Gasteiger partial charge in [-0.1, -0.05) is 18.2 Å². The molecule has 0 radical (unpaired) electrons. The zero-order valence-electron chi connectivity index (χ0n) is 14.8. The monoisotopic (exact) mass is 327 g/mol. The number of nitrogens with one attached hydrogen (secondary N) is 1. The highest BCUT2D eigenvalue weighted by atomic mass is 16.5. The lowest BCUT2D eigenvalue weighted by Gasteiger charge is -2.16. The number of hydrogen-bond acceptors (Lipinski definition) is 3. The number of ether oxygens (including phenoxy) is 2. The van der Waals surface area contributed by atoms with Gasteiger partial charge in [0, 0.05) is 6.54 Å². The molecule has 0 aliphatic heterocycles. The minimum Gasteiger partial charge on any atom is -0.494 e. The van der Waals surface area contributed by atoms with Gasteiger partial charge >= 0.3 is 0 Å². The smallest absolute Gasteiger partial charge is 0.261 e. The van der Waals surface area contributed by atoms with Gasteiger partial charge in [0.2, 0.25) is 0 Å². The Hall–Kier alpha value is -2.49. The van der Waals surface area contributed by atoms with Gasteiger partial charge in [-0.15, -0.1) is 0 Å². The molecule has 2 rings (SSSR count). The molecule has 0 spiro atoms. The molecule has 1 unspecified atom stereocenters. The van der Waals surface area contributed by atoms with Gasteiger partial charge in [0.15, 0.2) is 6.10 Å². The van der Waals surface area contributed by atoms with Crippen molar-refractivity contribution in [3.05, 3.63) is 59.2 Å². The predicted octanol–water partition coefficient (Wildman–Crippen LogP) is 3.79. The van der Waals surface area contributed by atoms with Crippen LogP contribution in [0, 0.1) is 13.8 Å². The van der Waals surface area contributed by atoms with Crippen LogP contribution in [-0.2, 0) is 11.3 Å². The summed E-state index contributed by atoms with van der Waals surface area (Å²) in [4.78, 5) is 12.2. The van der Waals surface area contributed by atoms with Gasteiger partial charge in [-0.2, -0.15) is 0 Å². The first kappa shape index (κ1) is 17.9. The summed E-state index contributed by atoms with van der Waals surface area (Å²) in [7, 11) is 0. The number of aryl methyl sites for hydroxylation is 2. The molecule has 128 valence electrons. The molecule has 0 fully saturated rings. The molecule has 0 heterocycles. The molecule has 0 aromatic heterocycles. The van der Waals surface area contributed by atoms with Gasteiger partial charge in [0.05, 0.1) is 6.61 Å². The van der Waals surface area contributed by atoms with Crippen molar-refractivity contribution >= 4 is 5.91 Å². The summed E-state index contributed by atoms with van der Waals surface area (Å²) in [6.07, 6.45) is -0.547. The van der Waals surface area contributed by atoms with Crippen molar-refractivity contribution < 1.29 is 14.3 Å². The quantitative estimate of drug-likeness (QED) is 0.842. The second-order valence-electron chi connectivity index (χ2n) is 5.88. The molecule has 4 heteroatoms. The lowest BCUT2D eigenvalue weighted by molar-refractivity contribution is -0.127. The Morgan fingerprint density at radius 2 is 1.67 bits per heavy atom. The van der Waals surface area contributed by atoms with E-state index in [9.17, 15) is 4.79 Å². The molecule has 2 aromatic carbocycles. The van der Waals surface area contributed by atoms with Crippen LogP contribution in [0.3, 0.4) is 0 Å². The largest absolute Gasteiger partial charge is 0.494 e. The highest BCUT2D eigenvalue weighted by Gasteiger charge is 2.14. The van der Waals surface area contributed by atoms with Gasteiger partial charge in [0.1, 0.15) is 11.5 Å². The van der Waals surface area contributed by atoms with Crippen LogP contribution in [0.25, 0.3) is 0 Å². The molecular weight excluding hydrogens is 302 g/mol. The highest BCUT2D eigenvalue weighted by Crippen LogP contribution is 2.18. The molecule has 0 saturated heterocycles. The average molecular weight is 327 g/mol. The summed E-state index contributed by atoms with van der Waals surface area (Å²) < 4.78 is 11.1. The van der Waals surface area contributed by atoms with Gasteiger partial charge < -0.3 is 14.8 Å². The molecule has 0 bridgehead atoms. The van der Waals surface area contributed by atoms with Crippen molar-refractivity contribution in [1.29, 1.82) is 0 Å². The van der Waals surface area contributed by atoms with Crippen molar-refractivity contribution in [2.45, 2.75) is 40.3 Å². The zero-order valence-corrected chi connectivity index (χ0v) is 14.8. The minimum atomic E-state index is -0.547. The maximum Gasteiger partial charge on any atom is 0.261 e. The normalized spacial score (nSPS) is 11.7. The first-order chi connectivity index (χ1) is 11.5. The fourth-order valence-electron chi connectivity index (χ4n) is 2.46. The Balaban J connectivity index is 1.87. The Labute approximate surface area is 143 Å². The van der Waals surface area contributed by atoms with Crippen LogP contribution in [0.15, 0.2) is 42.5 Å². The summed E-state index contributed by atoms with van der Waals surface area (Å²) in [6, 6.07) is 13.6. The number of benzene rings is 2. The second kappa shape index (κ2) is 8.39. The highest BCUT2D eigenvalue weighted by molar-refractivity contribution is 5.80. The van der Waals surface area contributed by atoms with E-state index in [0.717, 1.165) is 28.2 Å². The Morgan fingerprint density at radius 1 is 1.04 bits per heavy atom. The van der Waals surface area contributed by atoms with E-state index < -0.39 is 6.10 Å². The van der Waals surface area contributed by atoms with E-state index in [1.165, 1.54) is 0 Å². The number of amides is 1. The van der Waals surface area contributed by atoms with Crippen LogP contribution >= 0.6 is 0 Å². The number of hydrogen-bond donors (Lipinski definition) is 1. The standard InChI is InChI=1S/C20H25NO3/c1-5-23-18-8-6-17(7-9-18)13-21-20(22)16(4)24-19-11-14(2)10-15(3)12-19/h6-12,16H,5,13H2,1-4H3,(H,21,22). The molecule has 0 saturated carbocycles. The van der Waals surface area contributed by atoms with E-state index in [4.69, 9.17) is 9.47 Å². The van der Waals surface area contributed by atoms with Crippen LogP contribution in [0.1, 0.15) is 30.5 Å². The summed E-state index contributed by atoms with van der Waals surface area (Å²) in [5.74, 6) is 1.42. The van der Waals surface area contributed by atoms with Crippen LogP contribution in [-0.4, -0.2) is 18.6 Å². The maximum absolute atomic E-state index is 12.2. The van der Waals surface area contributed by atoms with Crippen molar-refractivity contribution in [2.75, 3.05) is 6.61 Å². The number of carbonyl (C=O) groups is 1. The first-order valence-corrected chi connectivity index (χ1v) is 8.22. The topological polar surface area (TPSA) is 47.6 Å². The minimum absolute atomic E-state index is 0.136. The average Bonchev–Trinajstić information content (AvgIpc) is 2.53. The molecule has 4 nitrogen and oxygen atoms in total.